The number of benzene rings is 2. The number of methoxy groups -OCH3 is 2. The molecule has 0 saturated heterocycles. The summed E-state index contributed by atoms with van der Waals surface area (Å²) in [4.78, 5) is 0. The normalized spacial score (nSPS) is 11.0. The highest BCUT2D eigenvalue weighted by atomic mass is 35.5. The molecule has 0 bridgehead atoms. The number of hydrogen-bond acceptors (Lipinski definition) is 3. The largest absolute Gasteiger partial charge is 0.496 e. The van der Waals surface area contributed by atoms with Gasteiger partial charge in [0.2, 0.25) is 0 Å². The van der Waals surface area contributed by atoms with E-state index >= 15 is 0 Å². The summed E-state index contributed by atoms with van der Waals surface area (Å²) < 4.78 is 10.8. The van der Waals surface area contributed by atoms with Crippen LogP contribution in [0.3, 0.4) is 0 Å². The van der Waals surface area contributed by atoms with Crippen molar-refractivity contribution in [1.82, 2.24) is 0 Å². The number of ether oxygens (including phenoxy) is 2. The summed E-state index contributed by atoms with van der Waals surface area (Å²) in [5.41, 5.74) is 3.07. The maximum atomic E-state index is 9.43. The van der Waals surface area contributed by atoms with Crippen molar-refractivity contribution in [2.75, 3.05) is 14.2 Å². The van der Waals surface area contributed by atoms with Crippen molar-refractivity contribution < 1.29 is 9.47 Å². The van der Waals surface area contributed by atoms with Crippen LogP contribution >= 0.6 is 11.6 Å². The Kier molecular flexibility index (Phi) is 5.08. The summed E-state index contributed by atoms with van der Waals surface area (Å²) in [6, 6.07) is 13.1. The van der Waals surface area contributed by atoms with Gasteiger partial charge in [0.05, 0.1) is 25.9 Å². The van der Waals surface area contributed by atoms with Crippen LogP contribution in [0.2, 0.25) is 5.02 Å². The van der Waals surface area contributed by atoms with Crippen LogP contribution in [0.1, 0.15) is 16.7 Å². The van der Waals surface area contributed by atoms with E-state index < -0.39 is 0 Å². The number of rotatable bonds is 4. The fraction of sp³-hybridized carbons (Fsp3) is 0.167. The maximum Gasteiger partial charge on any atom is 0.132 e. The first kappa shape index (κ1) is 15.9. The molecule has 0 amide bonds. The molecule has 22 heavy (non-hydrogen) atoms. The van der Waals surface area contributed by atoms with Crippen LogP contribution in [0.25, 0.3) is 11.6 Å². The van der Waals surface area contributed by atoms with Crippen molar-refractivity contribution in [3.63, 3.8) is 0 Å². The lowest BCUT2D eigenvalue weighted by molar-refractivity contribution is 0.388. The van der Waals surface area contributed by atoms with Crippen molar-refractivity contribution in [3.05, 3.63) is 58.1 Å². The molecule has 4 heteroatoms. The summed E-state index contributed by atoms with van der Waals surface area (Å²) in [7, 11) is 3.22. The van der Waals surface area contributed by atoms with E-state index in [0.29, 0.717) is 16.3 Å². The minimum atomic E-state index is 0.541. The third-order valence-electron chi connectivity index (χ3n) is 3.39. The van der Waals surface area contributed by atoms with Crippen molar-refractivity contribution in [1.29, 1.82) is 5.26 Å². The first-order valence-electron chi connectivity index (χ1n) is 6.70. The molecule has 0 aliphatic heterocycles. The fourth-order valence-electron chi connectivity index (χ4n) is 2.27. The summed E-state index contributed by atoms with van der Waals surface area (Å²) in [6.45, 7) is 1.92. The number of halogens is 1. The topological polar surface area (TPSA) is 42.2 Å². The van der Waals surface area contributed by atoms with Crippen molar-refractivity contribution in [2.24, 2.45) is 0 Å². The van der Waals surface area contributed by atoms with Crippen LogP contribution in [0.4, 0.5) is 0 Å². The summed E-state index contributed by atoms with van der Waals surface area (Å²) in [5.74, 6) is 1.44. The van der Waals surface area contributed by atoms with Crippen LogP contribution in [-0.4, -0.2) is 14.2 Å². The molecule has 2 rings (SSSR count). The predicted molar refractivity (Wildman–Crippen MR) is 89.2 cm³/mol. The number of hydrogen-bond donors (Lipinski definition) is 0. The second-order valence-electron chi connectivity index (χ2n) is 4.69. The molecular formula is C18H16ClNO2. The molecule has 112 valence electrons. The number of allylic oxidation sites excluding steroid dienone is 1. The van der Waals surface area contributed by atoms with Gasteiger partial charge in [0, 0.05) is 16.1 Å². The Bertz CT molecular complexity index is 743. The average molecular weight is 314 g/mol. The SMILES string of the molecule is COc1ccc(C=C(C#N)c2ccc(Cl)cc2)c(OC)c1C. The monoisotopic (exact) mass is 313 g/mol. The van der Waals surface area contributed by atoms with Gasteiger partial charge in [-0.3, -0.25) is 0 Å². The van der Waals surface area contributed by atoms with Gasteiger partial charge in [0.15, 0.2) is 0 Å². The summed E-state index contributed by atoms with van der Waals surface area (Å²) >= 11 is 5.89. The number of nitrogens with zero attached hydrogens (tertiary/aromatic N) is 1. The molecule has 0 N–H and O–H groups in total. The lowest BCUT2D eigenvalue weighted by Gasteiger charge is -2.12. The zero-order valence-electron chi connectivity index (χ0n) is 12.7. The maximum absolute atomic E-state index is 9.43. The highest BCUT2D eigenvalue weighted by Gasteiger charge is 2.11. The van der Waals surface area contributed by atoms with Gasteiger partial charge >= 0.3 is 0 Å². The van der Waals surface area contributed by atoms with Gasteiger partial charge in [-0.2, -0.15) is 5.26 Å². The second-order valence-corrected chi connectivity index (χ2v) is 5.13. The molecule has 0 unspecified atom stereocenters. The van der Waals surface area contributed by atoms with Gasteiger partial charge < -0.3 is 9.47 Å². The number of nitriles is 1. The van der Waals surface area contributed by atoms with E-state index in [9.17, 15) is 5.26 Å². The van der Waals surface area contributed by atoms with Crippen LogP contribution in [0.15, 0.2) is 36.4 Å². The zero-order valence-corrected chi connectivity index (χ0v) is 13.4. The quantitative estimate of drug-likeness (QED) is 0.605. The zero-order chi connectivity index (χ0) is 16.1. The summed E-state index contributed by atoms with van der Waals surface area (Å²) in [6.07, 6.45) is 1.80. The van der Waals surface area contributed by atoms with Crippen LogP contribution in [0, 0.1) is 18.3 Å². The lowest BCUT2D eigenvalue weighted by atomic mass is 10.0. The molecule has 0 aromatic heterocycles. The van der Waals surface area contributed by atoms with Gasteiger partial charge in [-0.1, -0.05) is 23.7 Å². The highest BCUT2D eigenvalue weighted by molar-refractivity contribution is 6.30. The van der Waals surface area contributed by atoms with Crippen LogP contribution < -0.4 is 9.47 Å². The van der Waals surface area contributed by atoms with E-state index in [1.807, 2.05) is 31.2 Å². The Morgan fingerprint density at radius 1 is 1.09 bits per heavy atom. The molecule has 2 aromatic rings. The van der Waals surface area contributed by atoms with Crippen molar-refractivity contribution in [2.45, 2.75) is 6.92 Å². The first-order chi connectivity index (χ1) is 10.6. The molecule has 0 atom stereocenters. The van der Waals surface area contributed by atoms with Crippen LogP contribution in [-0.2, 0) is 0 Å². The van der Waals surface area contributed by atoms with Crippen molar-refractivity contribution >= 4 is 23.3 Å². The van der Waals surface area contributed by atoms with E-state index in [1.54, 1.807) is 32.4 Å². The minimum absolute atomic E-state index is 0.541. The molecular weight excluding hydrogens is 298 g/mol. The molecule has 0 saturated carbocycles. The van der Waals surface area contributed by atoms with E-state index in [0.717, 1.165) is 22.4 Å². The molecule has 2 aromatic carbocycles. The predicted octanol–water partition coefficient (Wildman–Crippen LogP) is 4.73. The Balaban J connectivity index is 2.53. The Morgan fingerprint density at radius 3 is 2.32 bits per heavy atom. The molecule has 0 radical (unpaired) electrons. The molecule has 0 aliphatic carbocycles. The van der Waals surface area contributed by atoms with Gasteiger partial charge in [0.1, 0.15) is 11.5 Å². The van der Waals surface area contributed by atoms with Crippen molar-refractivity contribution in [3.8, 4) is 17.6 Å². The third-order valence-corrected chi connectivity index (χ3v) is 3.64. The van der Waals surface area contributed by atoms with E-state index in [4.69, 9.17) is 21.1 Å². The highest BCUT2D eigenvalue weighted by Crippen LogP contribution is 2.33. The second kappa shape index (κ2) is 7.02. The Labute approximate surface area is 135 Å². The van der Waals surface area contributed by atoms with Crippen LogP contribution in [0.5, 0.6) is 11.5 Å². The standard InChI is InChI=1S/C18H16ClNO2/c1-12-17(21-2)9-6-14(18(12)22-3)10-15(11-20)13-4-7-16(19)8-5-13/h4-10H,1-3H3. The molecule has 0 aliphatic rings. The van der Waals surface area contributed by atoms with E-state index in [-0.39, 0.29) is 0 Å². The van der Waals surface area contributed by atoms with E-state index in [1.165, 1.54) is 0 Å². The lowest BCUT2D eigenvalue weighted by Crippen LogP contribution is -1.95. The molecule has 3 nitrogen and oxygen atoms in total. The van der Waals surface area contributed by atoms with Gasteiger partial charge in [-0.25, -0.2) is 0 Å². The van der Waals surface area contributed by atoms with Gasteiger partial charge in [-0.15, -0.1) is 0 Å². The molecule has 0 heterocycles. The molecule has 0 fully saturated rings. The minimum Gasteiger partial charge on any atom is -0.496 e. The Hall–Kier alpha value is -2.44. The summed E-state index contributed by atoms with van der Waals surface area (Å²) in [5, 5.41) is 10.1. The third kappa shape index (κ3) is 3.24. The van der Waals surface area contributed by atoms with E-state index in [2.05, 4.69) is 6.07 Å². The smallest absolute Gasteiger partial charge is 0.132 e. The fourth-order valence-corrected chi connectivity index (χ4v) is 2.39. The Morgan fingerprint density at radius 2 is 1.77 bits per heavy atom. The van der Waals surface area contributed by atoms with Gasteiger partial charge in [0.25, 0.3) is 0 Å². The van der Waals surface area contributed by atoms with Gasteiger partial charge in [-0.05, 0) is 42.8 Å². The first-order valence-corrected chi connectivity index (χ1v) is 7.07. The molecule has 0 spiro atoms. The average Bonchev–Trinajstić information content (AvgIpc) is 2.54.